The molecule has 0 radical (unpaired) electrons. The fourth-order valence-corrected chi connectivity index (χ4v) is 2.85. The third kappa shape index (κ3) is 0.732. The van der Waals surface area contributed by atoms with Crippen LogP contribution in [0, 0.1) is 10.8 Å². The molecule has 1 aliphatic heterocycles. The van der Waals surface area contributed by atoms with Crippen molar-refractivity contribution in [3.05, 3.63) is 0 Å². The molecule has 2 saturated carbocycles. The maximum absolute atomic E-state index is 11.6. The van der Waals surface area contributed by atoms with Gasteiger partial charge in [0.25, 0.3) is 0 Å². The molecule has 0 aromatic rings. The number of piperidine rings is 1. The molecular formula is C10H15NO. The maximum atomic E-state index is 11.6. The highest BCUT2D eigenvalue weighted by molar-refractivity contribution is 5.84. The second kappa shape index (κ2) is 1.86. The summed E-state index contributed by atoms with van der Waals surface area (Å²) in [6, 6.07) is 0. The standard InChI is InChI=1S/C10H15NO/c12-8-10(2-1-3-10)6-9(4-5-9)7-11-8/h1-7H2,(H,11,12). The number of carbonyl (C=O) groups is 1. The molecule has 0 bridgehead atoms. The van der Waals surface area contributed by atoms with Crippen molar-refractivity contribution in [3.63, 3.8) is 0 Å². The first-order chi connectivity index (χ1) is 5.75. The molecule has 1 N–H and O–H groups in total. The normalized spacial score (nSPS) is 34.5. The van der Waals surface area contributed by atoms with Gasteiger partial charge >= 0.3 is 0 Å². The monoisotopic (exact) mass is 165 g/mol. The predicted octanol–water partition coefficient (Wildman–Crippen LogP) is 1.46. The lowest BCUT2D eigenvalue weighted by atomic mass is 9.61. The van der Waals surface area contributed by atoms with E-state index >= 15 is 0 Å². The molecule has 12 heavy (non-hydrogen) atoms. The van der Waals surface area contributed by atoms with Gasteiger partial charge in [0.1, 0.15) is 0 Å². The van der Waals surface area contributed by atoms with Gasteiger partial charge in [0.2, 0.25) is 5.91 Å². The van der Waals surface area contributed by atoms with Crippen LogP contribution in [0.1, 0.15) is 38.5 Å². The summed E-state index contributed by atoms with van der Waals surface area (Å²) in [5.74, 6) is 0.353. The summed E-state index contributed by atoms with van der Waals surface area (Å²) in [4.78, 5) is 11.6. The summed E-state index contributed by atoms with van der Waals surface area (Å²) in [5.41, 5.74) is 0.670. The first-order valence-electron chi connectivity index (χ1n) is 5.03. The molecule has 3 fully saturated rings. The van der Waals surface area contributed by atoms with E-state index in [1.807, 2.05) is 0 Å². The van der Waals surface area contributed by atoms with Crippen LogP contribution in [-0.2, 0) is 4.79 Å². The molecule has 66 valence electrons. The lowest BCUT2D eigenvalue weighted by Crippen LogP contribution is -2.53. The molecule has 3 rings (SSSR count). The average Bonchev–Trinajstić information content (AvgIpc) is 2.73. The van der Waals surface area contributed by atoms with E-state index in [0.717, 1.165) is 19.4 Å². The largest absolute Gasteiger partial charge is 0.355 e. The quantitative estimate of drug-likeness (QED) is 0.578. The van der Waals surface area contributed by atoms with Crippen molar-refractivity contribution in [2.45, 2.75) is 38.5 Å². The van der Waals surface area contributed by atoms with Crippen LogP contribution in [0.25, 0.3) is 0 Å². The molecule has 2 aliphatic carbocycles. The predicted molar refractivity (Wildman–Crippen MR) is 45.6 cm³/mol. The van der Waals surface area contributed by atoms with E-state index in [1.165, 1.54) is 25.7 Å². The Hall–Kier alpha value is -0.530. The fourth-order valence-electron chi connectivity index (χ4n) is 2.85. The Kier molecular flexibility index (Phi) is 1.07. The van der Waals surface area contributed by atoms with Gasteiger partial charge in [0.15, 0.2) is 0 Å². The topological polar surface area (TPSA) is 29.1 Å². The van der Waals surface area contributed by atoms with E-state index < -0.39 is 0 Å². The van der Waals surface area contributed by atoms with Crippen molar-refractivity contribution < 1.29 is 4.79 Å². The molecule has 0 aromatic carbocycles. The number of hydrogen-bond donors (Lipinski definition) is 1. The SMILES string of the molecule is O=C1NCC2(CC2)CC12CCC2. The summed E-state index contributed by atoms with van der Waals surface area (Å²) in [7, 11) is 0. The van der Waals surface area contributed by atoms with E-state index in [2.05, 4.69) is 5.32 Å². The minimum Gasteiger partial charge on any atom is -0.355 e. The smallest absolute Gasteiger partial charge is 0.226 e. The van der Waals surface area contributed by atoms with Gasteiger partial charge in [0.05, 0.1) is 0 Å². The molecule has 1 amide bonds. The molecule has 2 heteroatoms. The van der Waals surface area contributed by atoms with E-state index in [-0.39, 0.29) is 5.41 Å². The zero-order chi connectivity index (χ0) is 8.23. The van der Waals surface area contributed by atoms with Gasteiger partial charge < -0.3 is 5.32 Å². The van der Waals surface area contributed by atoms with Crippen LogP contribution in [-0.4, -0.2) is 12.5 Å². The van der Waals surface area contributed by atoms with Crippen LogP contribution in [0.3, 0.4) is 0 Å². The van der Waals surface area contributed by atoms with E-state index in [4.69, 9.17) is 0 Å². The van der Waals surface area contributed by atoms with Gasteiger partial charge in [-0.2, -0.15) is 0 Å². The Morgan fingerprint density at radius 2 is 1.92 bits per heavy atom. The molecule has 1 saturated heterocycles. The fraction of sp³-hybridized carbons (Fsp3) is 0.900. The average molecular weight is 165 g/mol. The molecule has 0 unspecified atom stereocenters. The molecule has 0 aromatic heterocycles. The number of carbonyl (C=O) groups excluding carboxylic acids is 1. The van der Waals surface area contributed by atoms with Crippen LogP contribution in [0.4, 0.5) is 0 Å². The number of amides is 1. The molecule has 0 atom stereocenters. The van der Waals surface area contributed by atoms with Crippen molar-refractivity contribution in [3.8, 4) is 0 Å². The first kappa shape index (κ1) is 6.93. The van der Waals surface area contributed by atoms with Crippen LogP contribution >= 0.6 is 0 Å². The van der Waals surface area contributed by atoms with Crippen molar-refractivity contribution in [1.82, 2.24) is 5.32 Å². The summed E-state index contributed by atoms with van der Waals surface area (Å²) in [6.07, 6.45) is 7.49. The van der Waals surface area contributed by atoms with E-state index in [0.29, 0.717) is 11.3 Å². The summed E-state index contributed by atoms with van der Waals surface area (Å²) >= 11 is 0. The van der Waals surface area contributed by atoms with Gasteiger partial charge in [-0.3, -0.25) is 4.79 Å². The first-order valence-corrected chi connectivity index (χ1v) is 5.03. The molecule has 2 nitrogen and oxygen atoms in total. The second-order valence-electron chi connectivity index (χ2n) is 4.99. The lowest BCUT2D eigenvalue weighted by Gasteiger charge is -2.46. The van der Waals surface area contributed by atoms with Gasteiger partial charge in [-0.1, -0.05) is 6.42 Å². The number of nitrogens with one attached hydrogen (secondary N) is 1. The number of hydrogen-bond acceptors (Lipinski definition) is 1. The van der Waals surface area contributed by atoms with Crippen molar-refractivity contribution in [2.24, 2.45) is 10.8 Å². The van der Waals surface area contributed by atoms with Crippen LogP contribution in [0.15, 0.2) is 0 Å². The third-order valence-corrected chi connectivity index (χ3v) is 4.09. The minimum atomic E-state index is 0.106. The van der Waals surface area contributed by atoms with Crippen molar-refractivity contribution >= 4 is 5.91 Å². The van der Waals surface area contributed by atoms with Gasteiger partial charge in [-0.05, 0) is 37.5 Å². The Morgan fingerprint density at radius 3 is 2.42 bits per heavy atom. The van der Waals surface area contributed by atoms with Gasteiger partial charge in [0, 0.05) is 12.0 Å². The highest BCUT2D eigenvalue weighted by Gasteiger charge is 2.57. The maximum Gasteiger partial charge on any atom is 0.226 e. The van der Waals surface area contributed by atoms with Crippen LogP contribution in [0.5, 0.6) is 0 Å². The molecular weight excluding hydrogens is 150 g/mol. The van der Waals surface area contributed by atoms with Gasteiger partial charge in [-0.15, -0.1) is 0 Å². The van der Waals surface area contributed by atoms with Crippen LogP contribution in [0.2, 0.25) is 0 Å². The van der Waals surface area contributed by atoms with Crippen molar-refractivity contribution in [2.75, 3.05) is 6.54 Å². The summed E-state index contributed by atoms with van der Waals surface area (Å²) in [6.45, 7) is 0.966. The second-order valence-corrected chi connectivity index (χ2v) is 4.99. The highest BCUT2D eigenvalue weighted by atomic mass is 16.2. The van der Waals surface area contributed by atoms with Crippen LogP contribution < -0.4 is 5.32 Å². The third-order valence-electron chi connectivity index (χ3n) is 4.09. The Bertz CT molecular complexity index is 238. The summed E-state index contributed by atoms with van der Waals surface area (Å²) in [5, 5.41) is 3.09. The Morgan fingerprint density at radius 1 is 1.17 bits per heavy atom. The molecule has 2 spiro atoms. The van der Waals surface area contributed by atoms with E-state index in [9.17, 15) is 4.79 Å². The highest BCUT2D eigenvalue weighted by Crippen LogP contribution is 2.60. The molecule has 1 heterocycles. The van der Waals surface area contributed by atoms with E-state index in [1.54, 1.807) is 0 Å². The zero-order valence-electron chi connectivity index (χ0n) is 7.36. The van der Waals surface area contributed by atoms with Gasteiger partial charge in [-0.25, -0.2) is 0 Å². The summed E-state index contributed by atoms with van der Waals surface area (Å²) < 4.78 is 0. The number of rotatable bonds is 0. The zero-order valence-corrected chi connectivity index (χ0v) is 7.36. The minimum absolute atomic E-state index is 0.106. The molecule has 3 aliphatic rings. The Labute approximate surface area is 72.7 Å². The lowest BCUT2D eigenvalue weighted by molar-refractivity contribution is -0.141. The Balaban J connectivity index is 1.85. The van der Waals surface area contributed by atoms with Crippen molar-refractivity contribution in [1.29, 1.82) is 0 Å².